The molecule has 0 spiro atoms. The molecule has 0 unspecified atom stereocenters. The van der Waals surface area contributed by atoms with Crippen LogP contribution in [0.15, 0.2) is 54.6 Å². The van der Waals surface area contributed by atoms with Crippen molar-refractivity contribution in [1.29, 1.82) is 0 Å². The van der Waals surface area contributed by atoms with E-state index in [1.165, 1.54) is 6.92 Å². The number of hydrogen-bond donors (Lipinski definition) is 1. The van der Waals surface area contributed by atoms with Crippen molar-refractivity contribution in [3.8, 4) is 0 Å². The van der Waals surface area contributed by atoms with Crippen LogP contribution in [0.5, 0.6) is 0 Å². The van der Waals surface area contributed by atoms with Crippen molar-refractivity contribution in [1.82, 2.24) is 5.32 Å². The van der Waals surface area contributed by atoms with Crippen LogP contribution in [0.3, 0.4) is 0 Å². The van der Waals surface area contributed by atoms with E-state index in [0.29, 0.717) is 17.5 Å². The third-order valence-corrected chi connectivity index (χ3v) is 3.94. The number of esters is 1. The average Bonchev–Trinajstić information content (AvgIpc) is 2.65. The Labute approximate surface area is 171 Å². The minimum absolute atomic E-state index is 0.0271. The third-order valence-electron chi connectivity index (χ3n) is 3.94. The number of ketones is 1. The Balaban J connectivity index is 2.06. The highest BCUT2D eigenvalue weighted by Gasteiger charge is 2.21. The quantitative estimate of drug-likeness (QED) is 0.566. The lowest BCUT2D eigenvalue weighted by Crippen LogP contribution is -2.43. The van der Waals surface area contributed by atoms with E-state index < -0.39 is 23.7 Å². The van der Waals surface area contributed by atoms with E-state index in [1.54, 1.807) is 45.0 Å². The number of carbonyl (C=O) groups is 3. The first-order valence-corrected chi connectivity index (χ1v) is 9.45. The van der Waals surface area contributed by atoms with E-state index >= 15 is 0 Å². The second kappa shape index (κ2) is 9.87. The maximum Gasteiger partial charge on any atom is 0.408 e. The van der Waals surface area contributed by atoms with Gasteiger partial charge in [0.15, 0.2) is 5.78 Å². The fourth-order valence-electron chi connectivity index (χ4n) is 2.68. The Kier molecular flexibility index (Phi) is 7.53. The number of amides is 1. The Morgan fingerprint density at radius 3 is 2.07 bits per heavy atom. The lowest BCUT2D eigenvalue weighted by molar-refractivity contribution is -0.141. The SMILES string of the molecule is CC(=O)OC[C@H](Cc1ccc(C(=O)c2ccccc2)cc1)NC(=O)OC(C)(C)C. The third kappa shape index (κ3) is 7.78. The Morgan fingerprint density at radius 1 is 0.931 bits per heavy atom. The predicted octanol–water partition coefficient (Wildman–Crippen LogP) is 3.92. The molecule has 6 nitrogen and oxygen atoms in total. The standard InChI is InChI=1S/C23H27NO5/c1-16(25)28-15-20(24-22(27)29-23(2,3)4)14-17-10-12-19(13-11-17)21(26)18-8-6-5-7-9-18/h5-13,20H,14-15H2,1-4H3,(H,24,27)/t20-/m0/s1. The number of hydrogen-bond acceptors (Lipinski definition) is 5. The van der Waals surface area contributed by atoms with E-state index in [-0.39, 0.29) is 12.4 Å². The van der Waals surface area contributed by atoms with Gasteiger partial charge in [-0.25, -0.2) is 4.79 Å². The van der Waals surface area contributed by atoms with Gasteiger partial charge in [-0.05, 0) is 32.8 Å². The normalized spacial score (nSPS) is 12.0. The summed E-state index contributed by atoms with van der Waals surface area (Å²) in [5, 5.41) is 2.74. The summed E-state index contributed by atoms with van der Waals surface area (Å²) in [6, 6.07) is 15.8. The molecule has 0 heterocycles. The number of benzene rings is 2. The molecule has 0 saturated carbocycles. The van der Waals surface area contributed by atoms with Crippen LogP contribution in [0.1, 0.15) is 49.2 Å². The molecule has 0 aliphatic heterocycles. The molecule has 2 aromatic carbocycles. The van der Waals surface area contributed by atoms with Crippen molar-refractivity contribution in [2.24, 2.45) is 0 Å². The topological polar surface area (TPSA) is 81.7 Å². The zero-order valence-electron chi connectivity index (χ0n) is 17.2. The van der Waals surface area contributed by atoms with E-state index in [0.717, 1.165) is 5.56 Å². The monoisotopic (exact) mass is 397 g/mol. The minimum Gasteiger partial charge on any atom is -0.464 e. The summed E-state index contributed by atoms with van der Waals surface area (Å²) in [5.41, 5.74) is 1.47. The molecule has 0 fully saturated rings. The van der Waals surface area contributed by atoms with E-state index in [2.05, 4.69) is 5.32 Å². The molecule has 29 heavy (non-hydrogen) atoms. The summed E-state index contributed by atoms with van der Waals surface area (Å²) in [6.45, 7) is 6.66. The zero-order valence-corrected chi connectivity index (χ0v) is 17.2. The van der Waals surface area contributed by atoms with Crippen LogP contribution in [0, 0.1) is 0 Å². The molecule has 2 aromatic rings. The second-order valence-corrected chi connectivity index (χ2v) is 7.74. The van der Waals surface area contributed by atoms with Gasteiger partial charge in [-0.3, -0.25) is 9.59 Å². The molecule has 1 amide bonds. The fourth-order valence-corrected chi connectivity index (χ4v) is 2.68. The highest BCUT2D eigenvalue weighted by atomic mass is 16.6. The Morgan fingerprint density at radius 2 is 1.52 bits per heavy atom. The van der Waals surface area contributed by atoms with Gasteiger partial charge >= 0.3 is 12.1 Å². The summed E-state index contributed by atoms with van der Waals surface area (Å²) in [6.07, 6.45) is -0.155. The number of rotatable bonds is 7. The van der Waals surface area contributed by atoms with Gasteiger partial charge in [-0.2, -0.15) is 0 Å². The second-order valence-electron chi connectivity index (χ2n) is 7.74. The number of alkyl carbamates (subject to hydrolysis) is 1. The lowest BCUT2D eigenvalue weighted by atomic mass is 10.00. The van der Waals surface area contributed by atoms with Crippen LogP contribution in [0.2, 0.25) is 0 Å². The van der Waals surface area contributed by atoms with Crippen LogP contribution in [-0.4, -0.2) is 36.1 Å². The highest BCUT2D eigenvalue weighted by Crippen LogP contribution is 2.13. The summed E-state index contributed by atoms with van der Waals surface area (Å²) in [7, 11) is 0. The van der Waals surface area contributed by atoms with Crippen LogP contribution in [0.4, 0.5) is 4.79 Å². The van der Waals surface area contributed by atoms with Gasteiger partial charge in [0.25, 0.3) is 0 Å². The molecule has 2 rings (SSSR count). The van der Waals surface area contributed by atoms with Gasteiger partial charge in [0.2, 0.25) is 0 Å². The van der Waals surface area contributed by atoms with Crippen molar-refractivity contribution in [3.63, 3.8) is 0 Å². The Hall–Kier alpha value is -3.15. The molecule has 0 aliphatic carbocycles. The molecule has 0 saturated heterocycles. The first-order chi connectivity index (χ1) is 13.6. The molecule has 1 atom stereocenters. The molecule has 154 valence electrons. The molecule has 0 aromatic heterocycles. The van der Waals surface area contributed by atoms with Crippen LogP contribution in [0.25, 0.3) is 0 Å². The van der Waals surface area contributed by atoms with Crippen LogP contribution in [-0.2, 0) is 20.7 Å². The molecule has 0 radical (unpaired) electrons. The molecular weight excluding hydrogens is 370 g/mol. The maximum absolute atomic E-state index is 12.5. The minimum atomic E-state index is -0.629. The number of ether oxygens (including phenoxy) is 2. The molecular formula is C23H27NO5. The van der Waals surface area contributed by atoms with E-state index in [4.69, 9.17) is 9.47 Å². The fraction of sp³-hybridized carbons (Fsp3) is 0.348. The van der Waals surface area contributed by atoms with Crippen molar-refractivity contribution in [2.75, 3.05) is 6.61 Å². The molecule has 0 bridgehead atoms. The van der Waals surface area contributed by atoms with Gasteiger partial charge < -0.3 is 14.8 Å². The molecule has 1 N–H and O–H groups in total. The van der Waals surface area contributed by atoms with Crippen LogP contribution >= 0.6 is 0 Å². The van der Waals surface area contributed by atoms with Crippen molar-refractivity contribution in [3.05, 3.63) is 71.3 Å². The van der Waals surface area contributed by atoms with Crippen molar-refractivity contribution in [2.45, 2.75) is 45.8 Å². The van der Waals surface area contributed by atoms with Crippen molar-refractivity contribution >= 4 is 17.8 Å². The number of carbonyl (C=O) groups excluding carboxylic acids is 3. The maximum atomic E-state index is 12.5. The first kappa shape index (κ1) is 22.1. The lowest BCUT2D eigenvalue weighted by Gasteiger charge is -2.23. The largest absolute Gasteiger partial charge is 0.464 e. The summed E-state index contributed by atoms with van der Waals surface area (Å²) < 4.78 is 10.3. The zero-order chi connectivity index (χ0) is 21.4. The van der Waals surface area contributed by atoms with E-state index in [9.17, 15) is 14.4 Å². The highest BCUT2D eigenvalue weighted by molar-refractivity contribution is 6.08. The first-order valence-electron chi connectivity index (χ1n) is 9.45. The smallest absolute Gasteiger partial charge is 0.408 e. The van der Waals surface area contributed by atoms with Gasteiger partial charge in [0.1, 0.15) is 12.2 Å². The summed E-state index contributed by atoms with van der Waals surface area (Å²) in [4.78, 5) is 35.8. The van der Waals surface area contributed by atoms with Gasteiger partial charge in [-0.1, -0.05) is 54.6 Å². The summed E-state index contributed by atoms with van der Waals surface area (Å²) in [5.74, 6) is -0.481. The molecule has 0 aliphatic rings. The number of nitrogens with one attached hydrogen (secondary N) is 1. The average molecular weight is 397 g/mol. The van der Waals surface area contributed by atoms with Gasteiger partial charge in [0.05, 0.1) is 6.04 Å². The summed E-state index contributed by atoms with van der Waals surface area (Å²) >= 11 is 0. The Bertz CT molecular complexity index is 838. The van der Waals surface area contributed by atoms with E-state index in [1.807, 2.05) is 30.3 Å². The van der Waals surface area contributed by atoms with Gasteiger partial charge in [-0.15, -0.1) is 0 Å². The molecule has 6 heteroatoms. The van der Waals surface area contributed by atoms with Crippen molar-refractivity contribution < 1.29 is 23.9 Å². The predicted molar refractivity (Wildman–Crippen MR) is 110 cm³/mol. The van der Waals surface area contributed by atoms with Gasteiger partial charge in [0, 0.05) is 18.1 Å². The van der Waals surface area contributed by atoms with Crippen LogP contribution < -0.4 is 5.32 Å².